The highest BCUT2D eigenvalue weighted by Crippen LogP contribution is 2.23. The minimum absolute atomic E-state index is 0. The molecule has 0 saturated heterocycles. The number of amides is 1. The number of nitrogens with one attached hydrogen (secondary N) is 1. The third-order valence-corrected chi connectivity index (χ3v) is 5.45. The minimum atomic E-state index is -0.463. The van der Waals surface area contributed by atoms with Crippen molar-refractivity contribution >= 4 is 29.6 Å². The van der Waals surface area contributed by atoms with Crippen LogP contribution in [-0.4, -0.2) is 67.0 Å². The van der Waals surface area contributed by atoms with Crippen LogP contribution in [0.2, 0.25) is 0 Å². The SMILES string of the molecule is COc1cccc(C2=CCN(C(=O)OC(C)(C)C)CC2)n1.COc1cccc(C2=CCNCC2)n1.Cl. The number of hydrogen-bond donors (Lipinski definition) is 1. The summed E-state index contributed by atoms with van der Waals surface area (Å²) in [5.41, 5.74) is 3.91. The molecule has 0 aliphatic carbocycles. The van der Waals surface area contributed by atoms with Gasteiger partial charge in [0.05, 0.1) is 25.6 Å². The largest absolute Gasteiger partial charge is 0.481 e. The number of carbonyl (C=O) groups is 1. The van der Waals surface area contributed by atoms with E-state index in [0.717, 1.165) is 42.9 Å². The Morgan fingerprint density at radius 3 is 1.94 bits per heavy atom. The van der Waals surface area contributed by atoms with E-state index >= 15 is 0 Å². The van der Waals surface area contributed by atoms with Crippen molar-refractivity contribution in [2.75, 3.05) is 40.4 Å². The molecule has 0 bridgehead atoms. The van der Waals surface area contributed by atoms with Gasteiger partial charge in [0.15, 0.2) is 0 Å². The van der Waals surface area contributed by atoms with Gasteiger partial charge in [-0.15, -0.1) is 12.4 Å². The molecule has 0 saturated carbocycles. The van der Waals surface area contributed by atoms with E-state index in [4.69, 9.17) is 14.2 Å². The lowest BCUT2D eigenvalue weighted by Gasteiger charge is -2.29. The van der Waals surface area contributed by atoms with Gasteiger partial charge in [-0.05, 0) is 63.4 Å². The van der Waals surface area contributed by atoms with Crippen LogP contribution in [0.1, 0.15) is 45.0 Å². The summed E-state index contributed by atoms with van der Waals surface area (Å²) in [6, 6.07) is 11.6. The first kappa shape index (κ1) is 29.1. The quantitative estimate of drug-likeness (QED) is 0.611. The topological polar surface area (TPSA) is 85.8 Å². The molecular formula is C27H37ClN4O4. The summed E-state index contributed by atoms with van der Waals surface area (Å²) in [6.45, 7) is 8.77. The fourth-order valence-electron chi connectivity index (χ4n) is 3.66. The van der Waals surface area contributed by atoms with Crippen LogP contribution in [0.3, 0.4) is 0 Å². The zero-order valence-electron chi connectivity index (χ0n) is 21.7. The fraction of sp³-hybridized carbons (Fsp3) is 0.444. The summed E-state index contributed by atoms with van der Waals surface area (Å²) in [4.78, 5) is 22.5. The Morgan fingerprint density at radius 2 is 1.50 bits per heavy atom. The van der Waals surface area contributed by atoms with Crippen LogP contribution in [-0.2, 0) is 4.74 Å². The Hall–Kier alpha value is -3.10. The number of aromatic nitrogens is 2. The molecule has 4 rings (SSSR count). The lowest BCUT2D eigenvalue weighted by atomic mass is 10.0. The Bertz CT molecular complexity index is 1070. The number of methoxy groups -OCH3 is 2. The summed E-state index contributed by atoms with van der Waals surface area (Å²) in [5.74, 6) is 1.28. The van der Waals surface area contributed by atoms with Crippen LogP contribution < -0.4 is 14.8 Å². The molecule has 2 aliphatic heterocycles. The van der Waals surface area contributed by atoms with E-state index in [0.29, 0.717) is 24.8 Å². The molecule has 0 aromatic carbocycles. The number of halogens is 1. The molecule has 1 amide bonds. The van der Waals surface area contributed by atoms with Crippen molar-refractivity contribution in [3.05, 3.63) is 59.9 Å². The Labute approximate surface area is 220 Å². The first-order valence-corrected chi connectivity index (χ1v) is 11.9. The molecule has 2 aliphatic rings. The molecule has 9 heteroatoms. The van der Waals surface area contributed by atoms with Gasteiger partial charge in [-0.3, -0.25) is 0 Å². The third-order valence-electron chi connectivity index (χ3n) is 5.45. The van der Waals surface area contributed by atoms with E-state index in [-0.39, 0.29) is 18.5 Å². The summed E-state index contributed by atoms with van der Waals surface area (Å²) in [6.07, 6.45) is 5.75. The average molecular weight is 517 g/mol. The second kappa shape index (κ2) is 13.8. The number of nitrogens with zero attached hydrogens (tertiary/aromatic N) is 3. The van der Waals surface area contributed by atoms with Gasteiger partial charge in [0.2, 0.25) is 11.8 Å². The highest BCUT2D eigenvalue weighted by Gasteiger charge is 2.24. The highest BCUT2D eigenvalue weighted by molar-refractivity contribution is 5.85. The minimum Gasteiger partial charge on any atom is -0.481 e. The van der Waals surface area contributed by atoms with Crippen molar-refractivity contribution in [3.8, 4) is 11.8 Å². The van der Waals surface area contributed by atoms with Gasteiger partial charge < -0.3 is 24.4 Å². The normalized spacial score (nSPS) is 15.3. The molecule has 2 aromatic rings. The maximum atomic E-state index is 12.0. The lowest BCUT2D eigenvalue weighted by Crippen LogP contribution is -2.39. The van der Waals surface area contributed by atoms with Gasteiger partial charge in [0, 0.05) is 31.8 Å². The predicted octanol–water partition coefficient (Wildman–Crippen LogP) is 5.00. The van der Waals surface area contributed by atoms with E-state index in [9.17, 15) is 4.79 Å². The Balaban J connectivity index is 0.000000265. The second-order valence-corrected chi connectivity index (χ2v) is 9.22. The zero-order chi connectivity index (χ0) is 25.3. The van der Waals surface area contributed by atoms with Gasteiger partial charge in [-0.25, -0.2) is 14.8 Å². The standard InChI is InChI=1S/C16H22N2O3.C11H14N2O.ClH/c1-16(2,3)21-15(19)18-10-8-12(9-11-18)13-6-5-7-14(17-13)20-4;1-14-11-4-2-3-10(13-11)9-5-7-12-8-6-9;/h5-8H,9-11H2,1-4H3;2-5,12H,6-8H2,1H3;1H. The third kappa shape index (κ3) is 8.84. The van der Waals surface area contributed by atoms with Crippen molar-refractivity contribution in [3.63, 3.8) is 0 Å². The van der Waals surface area contributed by atoms with Crippen molar-refractivity contribution < 1.29 is 19.0 Å². The van der Waals surface area contributed by atoms with E-state index in [2.05, 4.69) is 21.4 Å². The van der Waals surface area contributed by atoms with Crippen LogP contribution in [0.5, 0.6) is 11.8 Å². The van der Waals surface area contributed by atoms with Crippen molar-refractivity contribution in [1.82, 2.24) is 20.2 Å². The predicted molar refractivity (Wildman–Crippen MR) is 145 cm³/mol. The first-order valence-electron chi connectivity index (χ1n) is 11.9. The molecule has 8 nitrogen and oxygen atoms in total. The molecule has 4 heterocycles. The maximum Gasteiger partial charge on any atom is 0.410 e. The zero-order valence-corrected chi connectivity index (χ0v) is 22.6. The smallest absolute Gasteiger partial charge is 0.410 e. The number of carbonyl (C=O) groups excluding carboxylic acids is 1. The van der Waals surface area contributed by atoms with E-state index in [1.54, 1.807) is 19.1 Å². The molecule has 2 aromatic heterocycles. The molecule has 0 spiro atoms. The maximum absolute atomic E-state index is 12.0. The van der Waals surface area contributed by atoms with Gasteiger partial charge >= 0.3 is 6.09 Å². The van der Waals surface area contributed by atoms with E-state index in [1.165, 1.54) is 5.57 Å². The molecule has 0 radical (unpaired) electrons. The molecule has 0 atom stereocenters. The highest BCUT2D eigenvalue weighted by atomic mass is 35.5. The van der Waals surface area contributed by atoms with Crippen LogP contribution >= 0.6 is 12.4 Å². The number of pyridine rings is 2. The van der Waals surface area contributed by atoms with Gasteiger partial charge in [0.25, 0.3) is 0 Å². The molecule has 0 fully saturated rings. The monoisotopic (exact) mass is 516 g/mol. The molecular weight excluding hydrogens is 480 g/mol. The van der Waals surface area contributed by atoms with Crippen LogP contribution in [0.4, 0.5) is 4.79 Å². The van der Waals surface area contributed by atoms with Gasteiger partial charge in [-0.2, -0.15) is 0 Å². The van der Waals surface area contributed by atoms with Gasteiger partial charge in [0.1, 0.15) is 5.60 Å². The average Bonchev–Trinajstić information content (AvgIpc) is 2.89. The van der Waals surface area contributed by atoms with Crippen LogP contribution in [0.15, 0.2) is 48.6 Å². The van der Waals surface area contributed by atoms with Gasteiger partial charge in [-0.1, -0.05) is 24.3 Å². The van der Waals surface area contributed by atoms with Crippen LogP contribution in [0, 0.1) is 0 Å². The Morgan fingerprint density at radius 1 is 0.917 bits per heavy atom. The Kier molecular flexibility index (Phi) is 11.2. The van der Waals surface area contributed by atoms with Crippen molar-refractivity contribution in [2.45, 2.75) is 39.2 Å². The van der Waals surface area contributed by atoms with Crippen molar-refractivity contribution in [1.29, 1.82) is 0 Å². The number of rotatable bonds is 4. The molecule has 196 valence electrons. The summed E-state index contributed by atoms with van der Waals surface area (Å²) >= 11 is 0. The lowest BCUT2D eigenvalue weighted by molar-refractivity contribution is 0.0270. The first-order chi connectivity index (χ1) is 16.8. The fourth-order valence-corrected chi connectivity index (χ4v) is 3.66. The van der Waals surface area contributed by atoms with E-state index < -0.39 is 5.60 Å². The molecule has 36 heavy (non-hydrogen) atoms. The van der Waals surface area contributed by atoms with Crippen molar-refractivity contribution in [2.24, 2.45) is 0 Å². The van der Waals surface area contributed by atoms with E-state index in [1.807, 2.05) is 63.2 Å². The number of hydrogen-bond acceptors (Lipinski definition) is 7. The van der Waals surface area contributed by atoms with Crippen LogP contribution in [0.25, 0.3) is 11.1 Å². The second-order valence-electron chi connectivity index (χ2n) is 9.22. The summed E-state index contributed by atoms with van der Waals surface area (Å²) < 4.78 is 15.6. The number of ether oxygens (including phenoxy) is 3. The molecule has 0 unspecified atom stereocenters. The summed E-state index contributed by atoms with van der Waals surface area (Å²) in [5, 5.41) is 3.28. The summed E-state index contributed by atoms with van der Waals surface area (Å²) in [7, 11) is 3.24. The molecule has 1 N–H and O–H groups in total.